The zero-order chi connectivity index (χ0) is 25.4. The monoisotopic (exact) mass is 475 g/mol. The summed E-state index contributed by atoms with van der Waals surface area (Å²) < 4.78 is 16.9. The third kappa shape index (κ3) is 7.59. The van der Waals surface area contributed by atoms with Gasteiger partial charge in [0.15, 0.2) is 0 Å². The Kier molecular flexibility index (Phi) is 8.94. The minimum absolute atomic E-state index is 0.0287. The lowest BCUT2D eigenvalue weighted by molar-refractivity contribution is -0.156. The second-order valence-corrected chi connectivity index (χ2v) is 9.70. The molecule has 0 N–H and O–H groups in total. The molecule has 0 unspecified atom stereocenters. The number of rotatable bonds is 10. The molecule has 0 radical (unpaired) electrons. The van der Waals surface area contributed by atoms with Crippen molar-refractivity contribution in [3.05, 3.63) is 95.6 Å². The van der Waals surface area contributed by atoms with Crippen LogP contribution in [-0.2, 0) is 16.1 Å². The molecule has 0 saturated heterocycles. The van der Waals surface area contributed by atoms with Crippen LogP contribution in [-0.4, -0.2) is 30.7 Å². The Labute approximate surface area is 209 Å². The van der Waals surface area contributed by atoms with E-state index in [1.54, 1.807) is 14.2 Å². The number of hydrogen-bond donors (Lipinski definition) is 0. The largest absolute Gasteiger partial charge is 0.497 e. The van der Waals surface area contributed by atoms with Gasteiger partial charge in [-0.1, -0.05) is 60.7 Å². The molecule has 5 nitrogen and oxygen atoms in total. The molecule has 35 heavy (non-hydrogen) atoms. The molecule has 3 aromatic carbocycles. The Morgan fingerprint density at radius 3 is 1.89 bits per heavy atom. The van der Waals surface area contributed by atoms with E-state index in [9.17, 15) is 4.79 Å². The quantitative estimate of drug-likeness (QED) is 0.304. The van der Waals surface area contributed by atoms with Crippen molar-refractivity contribution < 1.29 is 19.0 Å². The molecule has 3 rings (SSSR count). The first-order valence-electron chi connectivity index (χ1n) is 12.0. The molecule has 0 aliphatic carbocycles. The fourth-order valence-electron chi connectivity index (χ4n) is 4.22. The molecule has 0 spiro atoms. The van der Waals surface area contributed by atoms with Gasteiger partial charge in [-0.15, -0.1) is 0 Å². The molecule has 0 bridgehead atoms. The fraction of sp³-hybridized carbons (Fsp3) is 0.367. The molecular weight excluding hydrogens is 438 g/mol. The topological polar surface area (TPSA) is 48.0 Å². The van der Waals surface area contributed by atoms with Crippen LogP contribution in [0.5, 0.6) is 11.5 Å². The van der Waals surface area contributed by atoms with Gasteiger partial charge in [0.2, 0.25) is 0 Å². The van der Waals surface area contributed by atoms with Crippen LogP contribution in [0.2, 0.25) is 0 Å². The molecule has 0 heterocycles. The lowest BCUT2D eigenvalue weighted by Crippen LogP contribution is -2.34. The van der Waals surface area contributed by atoms with Crippen molar-refractivity contribution in [2.75, 3.05) is 14.2 Å². The second kappa shape index (κ2) is 11.9. The molecule has 0 fully saturated rings. The molecule has 186 valence electrons. The lowest BCUT2D eigenvalue weighted by atomic mass is 9.96. The molecule has 3 aromatic rings. The van der Waals surface area contributed by atoms with Gasteiger partial charge in [0.1, 0.15) is 17.1 Å². The predicted molar refractivity (Wildman–Crippen MR) is 140 cm³/mol. The van der Waals surface area contributed by atoms with E-state index in [0.717, 1.165) is 5.56 Å². The van der Waals surface area contributed by atoms with Crippen molar-refractivity contribution >= 4 is 5.97 Å². The van der Waals surface area contributed by atoms with E-state index in [0.29, 0.717) is 18.0 Å². The van der Waals surface area contributed by atoms with Gasteiger partial charge in [0.05, 0.1) is 20.6 Å². The second-order valence-electron chi connectivity index (χ2n) is 9.70. The summed E-state index contributed by atoms with van der Waals surface area (Å²) in [6, 6.07) is 26.2. The molecule has 2 atom stereocenters. The van der Waals surface area contributed by atoms with Crippen LogP contribution < -0.4 is 9.47 Å². The first-order chi connectivity index (χ1) is 16.7. The summed E-state index contributed by atoms with van der Waals surface area (Å²) in [5.74, 6) is 1.11. The molecule has 0 aliphatic rings. The van der Waals surface area contributed by atoms with Crippen molar-refractivity contribution in [3.8, 4) is 11.5 Å². The van der Waals surface area contributed by atoms with Crippen LogP contribution >= 0.6 is 0 Å². The van der Waals surface area contributed by atoms with E-state index in [2.05, 4.69) is 36.1 Å². The normalized spacial score (nSPS) is 13.2. The van der Waals surface area contributed by atoms with Crippen LogP contribution in [0.3, 0.4) is 0 Å². The minimum Gasteiger partial charge on any atom is -0.497 e. The first-order valence-corrected chi connectivity index (χ1v) is 12.0. The van der Waals surface area contributed by atoms with Crippen LogP contribution in [0.25, 0.3) is 0 Å². The first kappa shape index (κ1) is 26.3. The van der Waals surface area contributed by atoms with Crippen LogP contribution in [0.15, 0.2) is 78.9 Å². The zero-order valence-corrected chi connectivity index (χ0v) is 21.7. The van der Waals surface area contributed by atoms with Gasteiger partial charge >= 0.3 is 5.97 Å². The number of hydrogen-bond acceptors (Lipinski definition) is 5. The number of carbonyl (C=O) groups is 1. The smallest absolute Gasteiger partial charge is 0.308 e. The molecule has 0 saturated carbocycles. The highest BCUT2D eigenvalue weighted by molar-refractivity contribution is 5.71. The summed E-state index contributed by atoms with van der Waals surface area (Å²) in [5.41, 5.74) is 2.71. The summed E-state index contributed by atoms with van der Waals surface area (Å²) in [6.45, 7) is 8.51. The van der Waals surface area contributed by atoms with Gasteiger partial charge < -0.3 is 14.2 Å². The van der Waals surface area contributed by atoms with Crippen LogP contribution in [0, 0.1) is 0 Å². The van der Waals surface area contributed by atoms with Crippen LogP contribution in [0.1, 0.15) is 62.9 Å². The number of methoxy groups -OCH3 is 2. The average molecular weight is 476 g/mol. The minimum atomic E-state index is -0.566. The summed E-state index contributed by atoms with van der Waals surface area (Å²) in [4.78, 5) is 15.5. The van der Waals surface area contributed by atoms with Gasteiger partial charge in [0.25, 0.3) is 0 Å². The number of esters is 1. The fourth-order valence-corrected chi connectivity index (χ4v) is 4.22. The van der Waals surface area contributed by atoms with Crippen molar-refractivity contribution in [3.63, 3.8) is 0 Å². The maximum absolute atomic E-state index is 13.2. The maximum Gasteiger partial charge on any atom is 0.308 e. The van der Waals surface area contributed by atoms with Crippen molar-refractivity contribution in [2.45, 2.75) is 58.3 Å². The molecule has 0 aliphatic heterocycles. The number of ether oxygens (including phenoxy) is 3. The number of nitrogens with zero attached hydrogens (tertiary/aromatic N) is 1. The van der Waals surface area contributed by atoms with Gasteiger partial charge in [-0.25, -0.2) is 0 Å². The lowest BCUT2D eigenvalue weighted by Gasteiger charge is -2.37. The van der Waals surface area contributed by atoms with E-state index in [4.69, 9.17) is 14.2 Å². The van der Waals surface area contributed by atoms with Gasteiger partial charge in [0, 0.05) is 24.7 Å². The highest BCUT2D eigenvalue weighted by atomic mass is 16.6. The van der Waals surface area contributed by atoms with Crippen molar-refractivity contribution in [1.29, 1.82) is 0 Å². The Balaban J connectivity index is 2.11. The van der Waals surface area contributed by atoms with E-state index in [-0.39, 0.29) is 24.5 Å². The zero-order valence-electron chi connectivity index (χ0n) is 21.7. The maximum atomic E-state index is 13.2. The third-order valence-electron chi connectivity index (χ3n) is 5.93. The molecule has 5 heteroatoms. The van der Waals surface area contributed by atoms with Crippen LogP contribution in [0.4, 0.5) is 0 Å². The SMILES string of the molecule is COc1cc(OC)cc([C@@H](CC(=O)OC(C)(C)C)N(Cc2ccccc2)[C@H](C)c2ccccc2)c1. The molecule has 0 amide bonds. The van der Waals surface area contributed by atoms with E-state index < -0.39 is 5.60 Å². The standard InChI is InChI=1S/C30H37NO4/c1-22(24-15-11-8-12-16-24)31(21-23-13-9-7-10-14-23)28(20-29(32)35-30(2,3)4)25-17-26(33-5)19-27(18-25)34-6/h7-19,22,28H,20-21H2,1-6H3/t22-,28-/m1/s1. The Hall–Kier alpha value is -3.31. The molecule has 0 aromatic heterocycles. The van der Waals surface area contributed by atoms with E-state index in [1.165, 1.54) is 11.1 Å². The van der Waals surface area contributed by atoms with Crippen molar-refractivity contribution in [2.24, 2.45) is 0 Å². The third-order valence-corrected chi connectivity index (χ3v) is 5.93. The summed E-state index contributed by atoms with van der Waals surface area (Å²) in [7, 11) is 3.27. The number of benzene rings is 3. The Morgan fingerprint density at radius 1 is 0.829 bits per heavy atom. The number of carbonyl (C=O) groups excluding carboxylic acids is 1. The highest BCUT2D eigenvalue weighted by Crippen LogP contribution is 2.38. The summed E-state index contributed by atoms with van der Waals surface area (Å²) in [6.07, 6.45) is 0.192. The van der Waals surface area contributed by atoms with Crippen molar-refractivity contribution in [1.82, 2.24) is 4.90 Å². The summed E-state index contributed by atoms with van der Waals surface area (Å²) in [5, 5.41) is 0. The average Bonchev–Trinajstić information content (AvgIpc) is 2.85. The Bertz CT molecular complexity index is 1050. The molecular formula is C30H37NO4. The Morgan fingerprint density at radius 2 is 1.37 bits per heavy atom. The highest BCUT2D eigenvalue weighted by Gasteiger charge is 2.31. The van der Waals surface area contributed by atoms with Gasteiger partial charge in [-0.2, -0.15) is 0 Å². The summed E-state index contributed by atoms with van der Waals surface area (Å²) >= 11 is 0. The van der Waals surface area contributed by atoms with Gasteiger partial charge in [-0.3, -0.25) is 9.69 Å². The van der Waals surface area contributed by atoms with Gasteiger partial charge in [-0.05, 0) is 56.5 Å². The van der Waals surface area contributed by atoms with E-state index >= 15 is 0 Å². The predicted octanol–water partition coefficient (Wildman–Crippen LogP) is 6.74. The van der Waals surface area contributed by atoms with E-state index in [1.807, 2.05) is 75.4 Å².